The summed E-state index contributed by atoms with van der Waals surface area (Å²) >= 11 is 0. The average molecular weight is 286 g/mol. The van der Waals surface area contributed by atoms with Crippen LogP contribution in [0.25, 0.3) is 0 Å². The van der Waals surface area contributed by atoms with E-state index in [9.17, 15) is 9.18 Å². The van der Waals surface area contributed by atoms with Gasteiger partial charge in [-0.25, -0.2) is 4.39 Å². The fourth-order valence-electron chi connectivity index (χ4n) is 2.16. The summed E-state index contributed by atoms with van der Waals surface area (Å²) in [5.41, 5.74) is 7.93. The van der Waals surface area contributed by atoms with E-state index in [1.165, 1.54) is 24.3 Å². The lowest BCUT2D eigenvalue weighted by atomic mass is 10.3. The second kappa shape index (κ2) is 6.09. The summed E-state index contributed by atoms with van der Waals surface area (Å²) in [5, 5.41) is 11.7. The molecule has 108 valence electrons. The molecule has 2 rings (SSSR count). The molecule has 0 aliphatic carbocycles. The first-order chi connectivity index (χ1) is 10.0. The van der Waals surface area contributed by atoms with Crippen LogP contribution in [-0.2, 0) is 17.8 Å². The first kappa shape index (κ1) is 14.6. The van der Waals surface area contributed by atoms with Gasteiger partial charge in [-0.15, -0.1) is 0 Å². The van der Waals surface area contributed by atoms with Crippen LogP contribution in [-0.4, -0.2) is 10.5 Å². The molecule has 1 aromatic heterocycles. The number of nitrogens with zero attached hydrogens (tertiary/aromatic N) is 2. The lowest BCUT2D eigenvalue weighted by Gasteiger charge is -2.10. The maximum atomic E-state index is 12.8. The van der Waals surface area contributed by atoms with Crippen molar-refractivity contribution in [3.63, 3.8) is 0 Å². The van der Waals surface area contributed by atoms with Crippen LogP contribution in [0.15, 0.2) is 30.3 Å². The molecule has 1 heterocycles. The molecule has 0 aliphatic rings. The Morgan fingerprint density at radius 3 is 2.67 bits per heavy atom. The highest BCUT2D eigenvalue weighted by Gasteiger charge is 2.14. The number of hydrogen-bond acceptors (Lipinski definition) is 3. The molecule has 0 atom stereocenters. The lowest BCUT2D eigenvalue weighted by Crippen LogP contribution is -2.21. The average Bonchev–Trinajstić information content (AvgIpc) is 2.76. The van der Waals surface area contributed by atoms with Gasteiger partial charge in [-0.3, -0.25) is 4.79 Å². The van der Waals surface area contributed by atoms with Gasteiger partial charge in [-0.1, -0.05) is 6.92 Å². The van der Waals surface area contributed by atoms with Gasteiger partial charge in [0.1, 0.15) is 24.1 Å². The molecule has 5 nitrogen and oxygen atoms in total. The number of nitrogens with two attached hydrogens (primary N) is 1. The normalized spacial score (nSPS) is 10.1. The number of carbonyl (C=O) groups is 1. The van der Waals surface area contributed by atoms with Gasteiger partial charge < -0.3 is 15.6 Å². The third-order valence-corrected chi connectivity index (χ3v) is 3.12. The summed E-state index contributed by atoms with van der Waals surface area (Å²) in [6.45, 7) is 1.89. The van der Waals surface area contributed by atoms with Crippen LogP contribution in [0, 0.1) is 17.1 Å². The number of carbonyl (C=O) groups excluding carboxylic acids is 1. The molecule has 1 amide bonds. The standard InChI is InChI=1S/C15H15FN4O/c1-2-14-13(18)7-12(8-17)20(14)9-15(21)19-11-5-3-10(16)4-6-11/h3-7H,2,9,18H2,1H3,(H,19,21). The Bertz CT molecular complexity index is 698. The zero-order valence-corrected chi connectivity index (χ0v) is 11.6. The van der Waals surface area contributed by atoms with Crippen molar-refractivity contribution in [3.05, 3.63) is 47.5 Å². The summed E-state index contributed by atoms with van der Waals surface area (Å²) in [7, 11) is 0. The molecule has 0 radical (unpaired) electrons. The number of rotatable bonds is 4. The number of aromatic nitrogens is 1. The zero-order valence-electron chi connectivity index (χ0n) is 11.6. The van der Waals surface area contributed by atoms with Crippen molar-refractivity contribution < 1.29 is 9.18 Å². The van der Waals surface area contributed by atoms with Gasteiger partial charge >= 0.3 is 0 Å². The third-order valence-electron chi connectivity index (χ3n) is 3.12. The van der Waals surface area contributed by atoms with Gasteiger partial charge in [0.25, 0.3) is 0 Å². The monoisotopic (exact) mass is 286 g/mol. The Balaban J connectivity index is 2.16. The number of benzene rings is 1. The fraction of sp³-hybridized carbons (Fsp3) is 0.200. The highest BCUT2D eigenvalue weighted by atomic mass is 19.1. The molecule has 3 N–H and O–H groups in total. The minimum Gasteiger partial charge on any atom is -0.397 e. The first-order valence-corrected chi connectivity index (χ1v) is 6.48. The van der Waals surface area contributed by atoms with E-state index in [0.29, 0.717) is 23.5 Å². The third kappa shape index (κ3) is 3.20. The summed E-state index contributed by atoms with van der Waals surface area (Å²) in [4.78, 5) is 12.0. The molecule has 0 saturated heterocycles. The highest BCUT2D eigenvalue weighted by molar-refractivity contribution is 5.90. The van der Waals surface area contributed by atoms with Crippen LogP contribution in [0.5, 0.6) is 0 Å². The van der Waals surface area contributed by atoms with Crippen LogP contribution in [0.4, 0.5) is 15.8 Å². The summed E-state index contributed by atoms with van der Waals surface area (Å²) in [5.74, 6) is -0.672. The number of amides is 1. The number of hydrogen-bond donors (Lipinski definition) is 2. The lowest BCUT2D eigenvalue weighted by molar-refractivity contribution is -0.116. The maximum Gasteiger partial charge on any atom is 0.244 e. The number of nitriles is 1. The molecule has 0 saturated carbocycles. The predicted molar refractivity (Wildman–Crippen MR) is 78.0 cm³/mol. The van der Waals surface area contributed by atoms with Gasteiger partial charge in [-0.2, -0.15) is 5.26 Å². The van der Waals surface area contributed by atoms with Crippen molar-refractivity contribution >= 4 is 17.3 Å². The molecule has 0 bridgehead atoms. The van der Waals surface area contributed by atoms with E-state index in [4.69, 9.17) is 11.0 Å². The van der Waals surface area contributed by atoms with Crippen molar-refractivity contribution in [3.8, 4) is 6.07 Å². The molecule has 21 heavy (non-hydrogen) atoms. The van der Waals surface area contributed by atoms with E-state index in [1.807, 2.05) is 13.0 Å². The first-order valence-electron chi connectivity index (χ1n) is 6.48. The number of anilines is 2. The zero-order chi connectivity index (χ0) is 15.4. The van der Waals surface area contributed by atoms with E-state index in [2.05, 4.69) is 5.32 Å². The summed E-state index contributed by atoms with van der Waals surface area (Å²) in [6.07, 6.45) is 0.622. The number of nitrogens with one attached hydrogen (secondary N) is 1. The highest BCUT2D eigenvalue weighted by Crippen LogP contribution is 2.19. The largest absolute Gasteiger partial charge is 0.397 e. The summed E-state index contributed by atoms with van der Waals surface area (Å²) < 4.78 is 14.4. The van der Waals surface area contributed by atoms with Crippen LogP contribution in [0.1, 0.15) is 18.3 Å². The van der Waals surface area contributed by atoms with Gasteiger partial charge in [0, 0.05) is 11.4 Å². The van der Waals surface area contributed by atoms with E-state index in [-0.39, 0.29) is 18.3 Å². The van der Waals surface area contributed by atoms with Crippen molar-refractivity contribution in [2.75, 3.05) is 11.1 Å². The van der Waals surface area contributed by atoms with E-state index < -0.39 is 0 Å². The quantitative estimate of drug-likeness (QED) is 0.904. The molecule has 0 fully saturated rings. The minimum atomic E-state index is -0.369. The van der Waals surface area contributed by atoms with E-state index in [0.717, 1.165) is 5.69 Å². The molecule has 1 aromatic carbocycles. The molecule has 0 unspecified atom stereocenters. The molecule has 0 aliphatic heterocycles. The van der Waals surface area contributed by atoms with Crippen molar-refractivity contribution in [2.24, 2.45) is 0 Å². The maximum absolute atomic E-state index is 12.8. The molecular formula is C15H15FN4O. The van der Waals surface area contributed by atoms with Crippen molar-refractivity contribution in [2.45, 2.75) is 19.9 Å². The topological polar surface area (TPSA) is 83.8 Å². The van der Waals surface area contributed by atoms with Gasteiger partial charge in [0.15, 0.2) is 0 Å². The Kier molecular flexibility index (Phi) is 4.24. The Labute approximate surface area is 121 Å². The predicted octanol–water partition coefficient (Wildman–Crippen LogP) is 2.28. The van der Waals surface area contributed by atoms with Gasteiger partial charge in [0.2, 0.25) is 5.91 Å². The van der Waals surface area contributed by atoms with Crippen LogP contribution in [0.3, 0.4) is 0 Å². The Hall–Kier alpha value is -2.81. The number of nitrogen functional groups attached to an aromatic ring is 1. The van der Waals surface area contributed by atoms with Gasteiger partial charge in [-0.05, 0) is 36.8 Å². The SMILES string of the molecule is CCc1c(N)cc(C#N)n1CC(=O)Nc1ccc(F)cc1. The summed E-state index contributed by atoms with van der Waals surface area (Å²) in [6, 6.07) is 9.06. The fourth-order valence-corrected chi connectivity index (χ4v) is 2.16. The van der Waals surface area contributed by atoms with Crippen LogP contribution >= 0.6 is 0 Å². The van der Waals surface area contributed by atoms with Crippen LogP contribution in [0.2, 0.25) is 0 Å². The minimum absolute atomic E-state index is 0.0133. The van der Waals surface area contributed by atoms with Crippen molar-refractivity contribution in [1.82, 2.24) is 4.57 Å². The second-order valence-corrected chi connectivity index (χ2v) is 4.54. The van der Waals surface area contributed by atoms with E-state index in [1.54, 1.807) is 10.6 Å². The smallest absolute Gasteiger partial charge is 0.244 e. The van der Waals surface area contributed by atoms with Crippen LogP contribution < -0.4 is 11.1 Å². The molecular weight excluding hydrogens is 271 g/mol. The molecule has 0 spiro atoms. The molecule has 2 aromatic rings. The second-order valence-electron chi connectivity index (χ2n) is 4.54. The van der Waals surface area contributed by atoms with Gasteiger partial charge in [0.05, 0.1) is 5.69 Å². The Morgan fingerprint density at radius 2 is 2.10 bits per heavy atom. The van der Waals surface area contributed by atoms with E-state index >= 15 is 0 Å². The van der Waals surface area contributed by atoms with Crippen molar-refractivity contribution in [1.29, 1.82) is 5.26 Å². The Morgan fingerprint density at radius 1 is 1.43 bits per heavy atom. The molecule has 6 heteroatoms. The number of halogens is 1.